The van der Waals surface area contributed by atoms with Crippen LogP contribution in [0.15, 0.2) is 42.5 Å². The first-order chi connectivity index (χ1) is 9.70. The van der Waals surface area contributed by atoms with Gasteiger partial charge in [0.05, 0.1) is 6.10 Å². The first kappa shape index (κ1) is 13.5. The molecule has 0 saturated heterocycles. The minimum absolute atomic E-state index is 0.363. The Morgan fingerprint density at radius 1 is 1.00 bits per heavy atom. The van der Waals surface area contributed by atoms with Crippen LogP contribution in [0.5, 0.6) is 0 Å². The summed E-state index contributed by atoms with van der Waals surface area (Å²) in [5, 5.41) is 22.4. The zero-order valence-electron chi connectivity index (χ0n) is 11.0. The number of nitrogens with two attached hydrogens (primary N) is 1. The van der Waals surface area contributed by atoms with E-state index < -0.39 is 12.2 Å². The average molecular weight is 287 g/mol. The maximum Gasteiger partial charge on any atom is 0.105 e. The van der Waals surface area contributed by atoms with E-state index in [0.29, 0.717) is 13.0 Å². The fourth-order valence-electron chi connectivity index (χ4n) is 2.48. The van der Waals surface area contributed by atoms with Crippen LogP contribution in [-0.2, 0) is 0 Å². The molecule has 0 fully saturated rings. The van der Waals surface area contributed by atoms with Gasteiger partial charge in [0.1, 0.15) is 6.10 Å². The molecule has 0 amide bonds. The van der Waals surface area contributed by atoms with E-state index in [9.17, 15) is 10.2 Å². The first-order valence-corrected chi connectivity index (χ1v) is 7.50. The summed E-state index contributed by atoms with van der Waals surface area (Å²) in [6.45, 7) is 0.363. The summed E-state index contributed by atoms with van der Waals surface area (Å²) in [6, 6.07) is 14.1. The maximum atomic E-state index is 10.2. The van der Waals surface area contributed by atoms with Crippen molar-refractivity contribution in [3.05, 3.63) is 48.0 Å². The third kappa shape index (κ3) is 2.31. The molecule has 4 N–H and O–H groups in total. The quantitative estimate of drug-likeness (QED) is 0.691. The summed E-state index contributed by atoms with van der Waals surface area (Å²) in [7, 11) is 0. The van der Waals surface area contributed by atoms with E-state index in [4.69, 9.17) is 5.73 Å². The number of thiophene rings is 1. The average Bonchev–Trinajstić information content (AvgIpc) is 2.84. The van der Waals surface area contributed by atoms with Gasteiger partial charge in [0.25, 0.3) is 0 Å². The van der Waals surface area contributed by atoms with Gasteiger partial charge >= 0.3 is 0 Å². The van der Waals surface area contributed by atoms with Gasteiger partial charge in [0, 0.05) is 20.2 Å². The van der Waals surface area contributed by atoms with Crippen molar-refractivity contribution in [3.8, 4) is 0 Å². The number of aliphatic hydroxyl groups is 2. The van der Waals surface area contributed by atoms with Gasteiger partial charge < -0.3 is 15.9 Å². The fraction of sp³-hybridized carbons (Fsp3) is 0.250. The second-order valence-corrected chi connectivity index (χ2v) is 6.03. The van der Waals surface area contributed by atoms with Crippen LogP contribution in [0.2, 0.25) is 0 Å². The number of aliphatic hydroxyl groups excluding tert-OH is 2. The molecule has 20 heavy (non-hydrogen) atoms. The van der Waals surface area contributed by atoms with Crippen LogP contribution in [0.25, 0.3) is 20.2 Å². The van der Waals surface area contributed by atoms with Crippen molar-refractivity contribution in [2.45, 2.75) is 18.6 Å². The predicted octanol–water partition coefficient (Wildman–Crippen LogP) is 2.80. The van der Waals surface area contributed by atoms with Gasteiger partial charge in [-0.1, -0.05) is 24.3 Å². The van der Waals surface area contributed by atoms with Crippen molar-refractivity contribution in [2.75, 3.05) is 6.54 Å². The number of benzene rings is 2. The Morgan fingerprint density at radius 3 is 2.55 bits per heavy atom. The molecule has 1 aromatic heterocycles. The molecule has 2 aromatic carbocycles. The second kappa shape index (κ2) is 5.50. The largest absolute Gasteiger partial charge is 0.390 e. The standard InChI is InChI=1S/C16H17NO2S/c17-8-7-13(18)16(19)10-5-6-15-12(9-10)11-3-1-2-4-14(11)20-15/h1-6,9,13,16,18-19H,7-8,17H2. The van der Waals surface area contributed by atoms with Gasteiger partial charge in [-0.05, 0) is 36.7 Å². The minimum Gasteiger partial charge on any atom is -0.390 e. The van der Waals surface area contributed by atoms with Gasteiger partial charge in [-0.3, -0.25) is 0 Å². The lowest BCUT2D eigenvalue weighted by molar-refractivity contribution is 0.0151. The lowest BCUT2D eigenvalue weighted by atomic mass is 10.00. The van der Waals surface area contributed by atoms with Crippen LogP contribution in [0.4, 0.5) is 0 Å². The Morgan fingerprint density at radius 2 is 1.75 bits per heavy atom. The van der Waals surface area contributed by atoms with Crippen molar-refractivity contribution < 1.29 is 10.2 Å². The third-order valence-electron chi connectivity index (χ3n) is 3.57. The molecule has 1 heterocycles. The summed E-state index contributed by atoms with van der Waals surface area (Å²) in [5.41, 5.74) is 6.16. The highest BCUT2D eigenvalue weighted by Gasteiger charge is 2.18. The van der Waals surface area contributed by atoms with E-state index in [-0.39, 0.29) is 0 Å². The van der Waals surface area contributed by atoms with Crippen LogP contribution >= 0.6 is 11.3 Å². The SMILES string of the molecule is NCCC(O)C(O)c1ccc2sc3ccccc3c2c1. The van der Waals surface area contributed by atoms with E-state index in [0.717, 1.165) is 10.9 Å². The number of rotatable bonds is 4. The van der Waals surface area contributed by atoms with E-state index in [1.807, 2.05) is 30.3 Å². The summed E-state index contributed by atoms with van der Waals surface area (Å²) >= 11 is 1.74. The van der Waals surface area contributed by atoms with Crippen molar-refractivity contribution in [3.63, 3.8) is 0 Å². The van der Waals surface area contributed by atoms with Crippen molar-refractivity contribution >= 4 is 31.5 Å². The van der Waals surface area contributed by atoms with Gasteiger partial charge in [0.15, 0.2) is 0 Å². The molecule has 0 aliphatic carbocycles. The molecule has 0 bridgehead atoms. The molecular formula is C16H17NO2S. The number of hydrogen-bond acceptors (Lipinski definition) is 4. The molecule has 0 saturated carbocycles. The van der Waals surface area contributed by atoms with Gasteiger partial charge in [-0.25, -0.2) is 0 Å². The Labute approximate surface area is 121 Å². The van der Waals surface area contributed by atoms with Crippen LogP contribution < -0.4 is 5.73 Å². The lowest BCUT2D eigenvalue weighted by Gasteiger charge is -2.17. The van der Waals surface area contributed by atoms with E-state index in [1.54, 1.807) is 11.3 Å². The summed E-state index contributed by atoms with van der Waals surface area (Å²) in [6.07, 6.45) is -1.31. The summed E-state index contributed by atoms with van der Waals surface area (Å²) in [4.78, 5) is 0. The maximum absolute atomic E-state index is 10.2. The highest BCUT2D eigenvalue weighted by molar-refractivity contribution is 7.25. The molecule has 0 radical (unpaired) electrons. The van der Waals surface area contributed by atoms with Crippen LogP contribution in [0.1, 0.15) is 18.1 Å². The monoisotopic (exact) mass is 287 g/mol. The fourth-order valence-corrected chi connectivity index (χ4v) is 3.56. The van der Waals surface area contributed by atoms with Crippen molar-refractivity contribution in [1.82, 2.24) is 0 Å². The van der Waals surface area contributed by atoms with Crippen LogP contribution in [0, 0.1) is 0 Å². The molecule has 0 aliphatic rings. The molecule has 104 valence electrons. The van der Waals surface area contributed by atoms with Gasteiger partial charge in [-0.2, -0.15) is 0 Å². The molecule has 2 unspecified atom stereocenters. The molecule has 3 rings (SSSR count). The Balaban J connectivity index is 2.07. The van der Waals surface area contributed by atoms with E-state index in [2.05, 4.69) is 12.1 Å². The lowest BCUT2D eigenvalue weighted by Crippen LogP contribution is -2.21. The Hall–Kier alpha value is -1.46. The Kier molecular flexibility index (Phi) is 3.72. The molecule has 0 spiro atoms. The van der Waals surface area contributed by atoms with E-state index >= 15 is 0 Å². The molecule has 2 atom stereocenters. The molecule has 0 aliphatic heterocycles. The number of hydrogen-bond donors (Lipinski definition) is 3. The third-order valence-corrected chi connectivity index (χ3v) is 4.72. The van der Waals surface area contributed by atoms with Crippen LogP contribution in [-0.4, -0.2) is 22.9 Å². The second-order valence-electron chi connectivity index (χ2n) is 4.94. The highest BCUT2D eigenvalue weighted by atomic mass is 32.1. The smallest absolute Gasteiger partial charge is 0.105 e. The first-order valence-electron chi connectivity index (χ1n) is 6.68. The zero-order chi connectivity index (χ0) is 14.1. The zero-order valence-corrected chi connectivity index (χ0v) is 11.8. The Bertz CT molecular complexity index is 738. The minimum atomic E-state index is -0.887. The van der Waals surface area contributed by atoms with Crippen molar-refractivity contribution in [1.29, 1.82) is 0 Å². The topological polar surface area (TPSA) is 66.5 Å². The van der Waals surface area contributed by atoms with E-state index in [1.165, 1.54) is 14.8 Å². The molecule has 3 aromatic rings. The molecular weight excluding hydrogens is 270 g/mol. The highest BCUT2D eigenvalue weighted by Crippen LogP contribution is 2.35. The summed E-state index contributed by atoms with van der Waals surface area (Å²) in [5.74, 6) is 0. The molecule has 3 nitrogen and oxygen atoms in total. The van der Waals surface area contributed by atoms with Crippen molar-refractivity contribution in [2.24, 2.45) is 5.73 Å². The normalized spacial score (nSPS) is 14.8. The van der Waals surface area contributed by atoms with Crippen LogP contribution in [0.3, 0.4) is 0 Å². The van der Waals surface area contributed by atoms with Gasteiger partial charge in [-0.15, -0.1) is 11.3 Å². The summed E-state index contributed by atoms with van der Waals surface area (Å²) < 4.78 is 2.42. The predicted molar refractivity (Wildman–Crippen MR) is 84.0 cm³/mol. The van der Waals surface area contributed by atoms with Gasteiger partial charge in [0.2, 0.25) is 0 Å². The molecule has 4 heteroatoms. The number of fused-ring (bicyclic) bond motifs is 3.